The van der Waals surface area contributed by atoms with Gasteiger partial charge in [-0.3, -0.25) is 4.79 Å². The number of morpholine rings is 1. The Morgan fingerprint density at radius 1 is 1.71 bits per heavy atom. The highest BCUT2D eigenvalue weighted by atomic mass is 32.1. The van der Waals surface area contributed by atoms with Gasteiger partial charge in [0.05, 0.1) is 25.0 Å². The lowest BCUT2D eigenvalue weighted by molar-refractivity contribution is -0.0446. The highest BCUT2D eigenvalue weighted by Crippen LogP contribution is 2.16. The van der Waals surface area contributed by atoms with Crippen LogP contribution >= 0.6 is 11.5 Å². The van der Waals surface area contributed by atoms with E-state index < -0.39 is 0 Å². The number of amides is 1. The molecule has 7 heteroatoms. The van der Waals surface area contributed by atoms with Crippen LogP contribution in [0, 0.1) is 0 Å². The molecule has 0 spiro atoms. The van der Waals surface area contributed by atoms with E-state index in [0.29, 0.717) is 31.0 Å². The van der Waals surface area contributed by atoms with Crippen LogP contribution in [0.4, 0.5) is 0 Å². The minimum absolute atomic E-state index is 0.0569. The van der Waals surface area contributed by atoms with Gasteiger partial charge < -0.3 is 14.7 Å². The Hall–Kier alpha value is -1.05. The highest BCUT2D eigenvalue weighted by molar-refractivity contribution is 7.08. The first-order valence-electron chi connectivity index (χ1n) is 5.59. The average molecular weight is 257 g/mol. The number of carbonyl (C=O) groups excluding carboxylic acids is 1. The molecule has 2 heterocycles. The molecule has 0 bridgehead atoms. The van der Waals surface area contributed by atoms with Crippen molar-refractivity contribution in [3.63, 3.8) is 0 Å². The quantitative estimate of drug-likeness (QED) is 0.820. The predicted octanol–water partition coefficient (Wildman–Crippen LogP) is -0.0662. The van der Waals surface area contributed by atoms with Crippen LogP contribution in [0.25, 0.3) is 0 Å². The molecule has 1 aliphatic heterocycles. The molecule has 1 N–H and O–H groups in total. The zero-order valence-electron chi connectivity index (χ0n) is 9.63. The van der Waals surface area contributed by atoms with Crippen molar-refractivity contribution < 1.29 is 14.6 Å². The van der Waals surface area contributed by atoms with Crippen LogP contribution in [0.5, 0.6) is 0 Å². The standard InChI is InChI=1S/C10H15N3O3S/c1-2-8-9(17-12-11-8)10(15)13-3-4-16-7(5-13)6-14/h7,14H,2-6H2,1H3. The van der Waals surface area contributed by atoms with E-state index in [4.69, 9.17) is 9.84 Å². The molecular formula is C10H15N3O3S. The van der Waals surface area contributed by atoms with Crippen molar-refractivity contribution in [2.45, 2.75) is 19.4 Å². The van der Waals surface area contributed by atoms with Crippen molar-refractivity contribution in [1.82, 2.24) is 14.5 Å². The Morgan fingerprint density at radius 3 is 3.24 bits per heavy atom. The molecular weight excluding hydrogens is 242 g/mol. The summed E-state index contributed by atoms with van der Waals surface area (Å²) < 4.78 is 9.12. The molecule has 1 unspecified atom stereocenters. The Labute approximate surface area is 103 Å². The monoisotopic (exact) mass is 257 g/mol. The number of hydrogen-bond acceptors (Lipinski definition) is 6. The van der Waals surface area contributed by atoms with Crippen LogP contribution in [0.2, 0.25) is 0 Å². The van der Waals surface area contributed by atoms with Gasteiger partial charge in [0.1, 0.15) is 4.88 Å². The third-order valence-corrected chi connectivity index (χ3v) is 3.47. The number of aromatic nitrogens is 2. The van der Waals surface area contributed by atoms with Gasteiger partial charge in [-0.25, -0.2) is 0 Å². The minimum Gasteiger partial charge on any atom is -0.394 e. The van der Waals surface area contributed by atoms with Gasteiger partial charge >= 0.3 is 0 Å². The smallest absolute Gasteiger partial charge is 0.267 e. The maximum Gasteiger partial charge on any atom is 0.267 e. The Balaban J connectivity index is 2.09. The summed E-state index contributed by atoms with van der Waals surface area (Å²) in [7, 11) is 0. The van der Waals surface area contributed by atoms with Gasteiger partial charge in [-0.2, -0.15) is 0 Å². The van der Waals surface area contributed by atoms with Crippen molar-refractivity contribution in [3.05, 3.63) is 10.6 Å². The maximum atomic E-state index is 12.2. The maximum absolute atomic E-state index is 12.2. The van der Waals surface area contributed by atoms with E-state index >= 15 is 0 Å². The summed E-state index contributed by atoms with van der Waals surface area (Å²) in [4.78, 5) is 14.5. The number of nitrogens with zero attached hydrogens (tertiary/aromatic N) is 3. The van der Waals surface area contributed by atoms with Gasteiger partial charge in [-0.15, -0.1) is 5.10 Å². The summed E-state index contributed by atoms with van der Waals surface area (Å²) >= 11 is 1.13. The second-order valence-corrected chi connectivity index (χ2v) is 4.58. The van der Waals surface area contributed by atoms with Crippen molar-refractivity contribution in [1.29, 1.82) is 0 Å². The molecule has 1 aliphatic rings. The van der Waals surface area contributed by atoms with E-state index in [1.54, 1.807) is 4.90 Å². The van der Waals surface area contributed by atoms with Crippen molar-refractivity contribution in [2.75, 3.05) is 26.3 Å². The largest absolute Gasteiger partial charge is 0.394 e. The lowest BCUT2D eigenvalue weighted by atomic mass is 10.2. The summed E-state index contributed by atoms with van der Waals surface area (Å²) in [5.74, 6) is -0.0569. The van der Waals surface area contributed by atoms with Crippen LogP contribution in [0.1, 0.15) is 22.3 Å². The molecule has 2 rings (SSSR count). The summed E-state index contributed by atoms with van der Waals surface area (Å²) in [5.41, 5.74) is 0.743. The molecule has 1 fully saturated rings. The fraction of sp³-hybridized carbons (Fsp3) is 0.700. The molecule has 1 atom stereocenters. The van der Waals surface area contributed by atoms with E-state index in [0.717, 1.165) is 17.2 Å². The first kappa shape index (κ1) is 12.4. The van der Waals surface area contributed by atoms with Gasteiger partial charge in [0, 0.05) is 13.1 Å². The topological polar surface area (TPSA) is 75.6 Å². The summed E-state index contributed by atoms with van der Waals surface area (Å²) in [6.45, 7) is 3.33. The first-order valence-corrected chi connectivity index (χ1v) is 6.36. The van der Waals surface area contributed by atoms with Crippen LogP contribution < -0.4 is 0 Å². The summed E-state index contributed by atoms with van der Waals surface area (Å²) in [5, 5.41) is 13.0. The number of carbonyl (C=O) groups is 1. The van der Waals surface area contributed by atoms with Crippen LogP contribution in [0.3, 0.4) is 0 Å². The average Bonchev–Trinajstić information content (AvgIpc) is 2.86. The third-order valence-electron chi connectivity index (χ3n) is 2.71. The molecule has 1 aromatic rings. The number of rotatable bonds is 3. The second-order valence-electron chi connectivity index (χ2n) is 3.83. The van der Waals surface area contributed by atoms with E-state index in [9.17, 15) is 4.79 Å². The number of aliphatic hydroxyl groups is 1. The summed E-state index contributed by atoms with van der Waals surface area (Å²) in [6.07, 6.45) is 0.421. The van der Waals surface area contributed by atoms with Gasteiger partial charge in [-0.05, 0) is 18.0 Å². The number of ether oxygens (including phenoxy) is 1. The van der Waals surface area contributed by atoms with E-state index in [-0.39, 0.29) is 18.6 Å². The number of hydrogen-bond donors (Lipinski definition) is 1. The zero-order valence-corrected chi connectivity index (χ0v) is 10.4. The van der Waals surface area contributed by atoms with Crippen LogP contribution in [-0.2, 0) is 11.2 Å². The fourth-order valence-corrected chi connectivity index (χ4v) is 2.48. The lowest BCUT2D eigenvalue weighted by Gasteiger charge is -2.31. The Kier molecular flexibility index (Phi) is 4.03. The molecule has 0 saturated carbocycles. The molecule has 1 aromatic heterocycles. The third kappa shape index (κ3) is 2.62. The molecule has 1 saturated heterocycles. The minimum atomic E-state index is -0.279. The SMILES string of the molecule is CCc1nnsc1C(=O)N1CCOC(CO)C1. The highest BCUT2D eigenvalue weighted by Gasteiger charge is 2.27. The van der Waals surface area contributed by atoms with Gasteiger partial charge in [0.15, 0.2) is 0 Å². The Bertz CT molecular complexity index is 396. The molecule has 1 amide bonds. The van der Waals surface area contributed by atoms with Crippen molar-refractivity contribution in [2.24, 2.45) is 0 Å². The van der Waals surface area contributed by atoms with Gasteiger partial charge in [0.25, 0.3) is 5.91 Å². The molecule has 6 nitrogen and oxygen atoms in total. The predicted molar refractivity (Wildman–Crippen MR) is 62.0 cm³/mol. The lowest BCUT2D eigenvalue weighted by Crippen LogP contribution is -2.46. The molecule has 17 heavy (non-hydrogen) atoms. The van der Waals surface area contributed by atoms with E-state index in [1.165, 1.54) is 0 Å². The van der Waals surface area contributed by atoms with E-state index in [1.807, 2.05) is 6.92 Å². The molecule has 0 aliphatic carbocycles. The molecule has 0 radical (unpaired) electrons. The number of aryl methyl sites for hydroxylation is 1. The van der Waals surface area contributed by atoms with Gasteiger partial charge in [0.2, 0.25) is 0 Å². The molecule has 0 aromatic carbocycles. The second kappa shape index (κ2) is 5.52. The van der Waals surface area contributed by atoms with E-state index in [2.05, 4.69) is 9.59 Å². The van der Waals surface area contributed by atoms with Crippen molar-refractivity contribution in [3.8, 4) is 0 Å². The van der Waals surface area contributed by atoms with Crippen LogP contribution in [-0.4, -0.2) is 57.9 Å². The number of aliphatic hydroxyl groups excluding tert-OH is 1. The first-order chi connectivity index (χ1) is 8.26. The van der Waals surface area contributed by atoms with Crippen molar-refractivity contribution >= 4 is 17.4 Å². The van der Waals surface area contributed by atoms with Gasteiger partial charge in [-0.1, -0.05) is 11.4 Å². The Morgan fingerprint density at radius 2 is 2.53 bits per heavy atom. The zero-order chi connectivity index (χ0) is 12.3. The molecule has 94 valence electrons. The summed E-state index contributed by atoms with van der Waals surface area (Å²) in [6, 6.07) is 0. The normalized spacial score (nSPS) is 20.6. The van der Waals surface area contributed by atoms with Crippen LogP contribution in [0.15, 0.2) is 0 Å². The fourth-order valence-electron chi connectivity index (χ4n) is 1.76.